The van der Waals surface area contributed by atoms with Crippen LogP contribution in [-0.4, -0.2) is 55.4 Å². The van der Waals surface area contributed by atoms with Gasteiger partial charge in [-0.15, -0.1) is 0 Å². The molecule has 3 aromatic carbocycles. The molecule has 32 heavy (non-hydrogen) atoms. The highest BCUT2D eigenvalue weighted by Crippen LogP contribution is 2.29. The second kappa shape index (κ2) is 12.2. The summed E-state index contributed by atoms with van der Waals surface area (Å²) in [5.41, 5.74) is 3.63. The molecule has 170 valence electrons. The Bertz CT molecular complexity index is 934. The third kappa shape index (κ3) is 7.68. The number of benzene rings is 3. The molecule has 3 rings (SSSR count). The van der Waals surface area contributed by atoms with Gasteiger partial charge in [0.15, 0.2) is 11.5 Å². The van der Waals surface area contributed by atoms with Crippen LogP contribution in [0, 0.1) is 0 Å². The van der Waals surface area contributed by atoms with E-state index >= 15 is 0 Å². The van der Waals surface area contributed by atoms with Crippen LogP contribution in [-0.2, 0) is 19.6 Å². The summed E-state index contributed by atoms with van der Waals surface area (Å²) in [6, 6.07) is 26.6. The first-order valence-corrected chi connectivity index (χ1v) is 11.0. The first kappa shape index (κ1) is 23.8. The van der Waals surface area contributed by atoms with Crippen molar-refractivity contribution in [2.45, 2.75) is 25.7 Å². The van der Waals surface area contributed by atoms with Crippen molar-refractivity contribution in [2.24, 2.45) is 0 Å². The highest BCUT2D eigenvalue weighted by Gasteiger charge is 2.13. The molecule has 0 fully saturated rings. The maximum Gasteiger partial charge on any atom is 0.161 e. The fourth-order valence-corrected chi connectivity index (χ4v) is 3.75. The average molecular weight is 435 g/mol. The van der Waals surface area contributed by atoms with Crippen molar-refractivity contribution in [3.05, 3.63) is 95.6 Å². The Kier molecular flexibility index (Phi) is 9.11. The number of hydrogen-bond donors (Lipinski definition) is 1. The van der Waals surface area contributed by atoms with E-state index in [1.54, 1.807) is 7.11 Å². The SMILES string of the molecule is COc1ccc(CN(C)Cc2ccccc2)cc1OCC(O)CN(C)Cc1ccccc1. The van der Waals surface area contributed by atoms with Gasteiger partial charge in [0.25, 0.3) is 0 Å². The maximum atomic E-state index is 10.5. The highest BCUT2D eigenvalue weighted by molar-refractivity contribution is 5.43. The van der Waals surface area contributed by atoms with Gasteiger partial charge >= 0.3 is 0 Å². The smallest absolute Gasteiger partial charge is 0.161 e. The van der Waals surface area contributed by atoms with E-state index in [9.17, 15) is 5.11 Å². The normalized spacial score (nSPS) is 12.2. The average Bonchev–Trinajstić information content (AvgIpc) is 2.79. The van der Waals surface area contributed by atoms with E-state index in [1.807, 2.05) is 43.4 Å². The van der Waals surface area contributed by atoms with Crippen LogP contribution in [0.2, 0.25) is 0 Å². The van der Waals surface area contributed by atoms with E-state index < -0.39 is 6.10 Å². The number of ether oxygens (including phenoxy) is 2. The third-order valence-corrected chi connectivity index (χ3v) is 5.22. The first-order chi connectivity index (χ1) is 15.5. The Morgan fingerprint density at radius 2 is 1.28 bits per heavy atom. The van der Waals surface area contributed by atoms with Gasteiger partial charge in [0.2, 0.25) is 0 Å². The number of methoxy groups -OCH3 is 1. The van der Waals surface area contributed by atoms with Gasteiger partial charge in [-0.2, -0.15) is 0 Å². The fraction of sp³-hybridized carbons (Fsp3) is 0.333. The minimum absolute atomic E-state index is 0.207. The van der Waals surface area contributed by atoms with Gasteiger partial charge in [-0.25, -0.2) is 0 Å². The predicted molar refractivity (Wildman–Crippen MR) is 129 cm³/mol. The van der Waals surface area contributed by atoms with Crippen molar-refractivity contribution in [1.82, 2.24) is 9.80 Å². The zero-order valence-corrected chi connectivity index (χ0v) is 19.3. The molecule has 0 heterocycles. The molecule has 0 saturated heterocycles. The predicted octanol–water partition coefficient (Wildman–Crippen LogP) is 4.20. The summed E-state index contributed by atoms with van der Waals surface area (Å²) < 4.78 is 11.4. The molecule has 1 unspecified atom stereocenters. The van der Waals surface area contributed by atoms with Crippen molar-refractivity contribution in [2.75, 3.05) is 34.4 Å². The van der Waals surface area contributed by atoms with E-state index in [2.05, 4.69) is 59.3 Å². The van der Waals surface area contributed by atoms with Crippen molar-refractivity contribution >= 4 is 0 Å². The standard InChI is InChI=1S/C27H34N2O3/c1-28(17-22-10-6-4-7-11-22)19-24-14-15-26(31-3)27(16-24)32-21-25(30)20-29(2)18-23-12-8-5-9-13-23/h4-16,25,30H,17-21H2,1-3H3. The molecule has 1 atom stereocenters. The number of aliphatic hydroxyl groups excluding tert-OH is 1. The van der Waals surface area contributed by atoms with Crippen LogP contribution in [0.25, 0.3) is 0 Å². The summed E-state index contributed by atoms with van der Waals surface area (Å²) in [6.07, 6.45) is -0.599. The van der Waals surface area contributed by atoms with Crippen LogP contribution in [0.5, 0.6) is 11.5 Å². The lowest BCUT2D eigenvalue weighted by molar-refractivity contribution is 0.0732. The molecule has 3 aromatic rings. The molecule has 0 aromatic heterocycles. The van der Waals surface area contributed by atoms with Crippen LogP contribution in [0.4, 0.5) is 0 Å². The molecule has 5 heteroatoms. The molecular weight excluding hydrogens is 400 g/mol. The van der Waals surface area contributed by atoms with E-state index in [4.69, 9.17) is 9.47 Å². The van der Waals surface area contributed by atoms with E-state index in [0.717, 1.165) is 25.2 Å². The minimum Gasteiger partial charge on any atom is -0.493 e. The van der Waals surface area contributed by atoms with Crippen molar-refractivity contribution in [3.8, 4) is 11.5 Å². The zero-order chi connectivity index (χ0) is 22.8. The Balaban J connectivity index is 1.53. The van der Waals surface area contributed by atoms with Crippen LogP contribution in [0.1, 0.15) is 16.7 Å². The lowest BCUT2D eigenvalue weighted by Gasteiger charge is -2.22. The lowest BCUT2D eigenvalue weighted by atomic mass is 10.1. The summed E-state index contributed by atoms with van der Waals surface area (Å²) in [7, 11) is 5.73. The summed E-state index contributed by atoms with van der Waals surface area (Å²) in [4.78, 5) is 4.35. The number of nitrogens with zero attached hydrogens (tertiary/aromatic N) is 2. The molecule has 1 N–H and O–H groups in total. The molecular formula is C27H34N2O3. The Morgan fingerprint density at radius 3 is 1.88 bits per heavy atom. The summed E-state index contributed by atoms with van der Waals surface area (Å²) in [5, 5.41) is 10.5. The van der Waals surface area contributed by atoms with Crippen LogP contribution >= 0.6 is 0 Å². The Hall–Kier alpha value is -2.86. The number of aliphatic hydroxyl groups is 1. The summed E-state index contributed by atoms with van der Waals surface area (Å²) in [5.74, 6) is 1.33. The Morgan fingerprint density at radius 1 is 0.719 bits per heavy atom. The third-order valence-electron chi connectivity index (χ3n) is 5.22. The molecule has 0 spiro atoms. The molecule has 0 saturated carbocycles. The maximum absolute atomic E-state index is 10.5. The largest absolute Gasteiger partial charge is 0.493 e. The quantitative estimate of drug-likeness (QED) is 0.463. The summed E-state index contributed by atoms with van der Waals surface area (Å²) >= 11 is 0. The van der Waals surface area contributed by atoms with Gasteiger partial charge in [-0.3, -0.25) is 9.80 Å². The molecule has 5 nitrogen and oxygen atoms in total. The molecule has 0 aliphatic carbocycles. The monoisotopic (exact) mass is 434 g/mol. The highest BCUT2D eigenvalue weighted by atomic mass is 16.5. The topological polar surface area (TPSA) is 45.2 Å². The van der Waals surface area contributed by atoms with Gasteiger partial charge in [-0.05, 0) is 42.9 Å². The Labute approximate surface area is 191 Å². The molecule has 0 aliphatic rings. The molecule has 0 amide bonds. The van der Waals surface area contributed by atoms with Gasteiger partial charge in [0, 0.05) is 26.2 Å². The second-order valence-corrected chi connectivity index (χ2v) is 8.29. The summed E-state index contributed by atoms with van der Waals surface area (Å²) in [6.45, 7) is 3.17. The fourth-order valence-electron chi connectivity index (χ4n) is 3.75. The number of rotatable bonds is 12. The van der Waals surface area contributed by atoms with E-state index in [0.29, 0.717) is 18.0 Å². The van der Waals surface area contributed by atoms with Crippen LogP contribution < -0.4 is 9.47 Å². The second-order valence-electron chi connectivity index (χ2n) is 8.29. The van der Waals surface area contributed by atoms with Crippen LogP contribution in [0.15, 0.2) is 78.9 Å². The van der Waals surface area contributed by atoms with Crippen LogP contribution in [0.3, 0.4) is 0 Å². The van der Waals surface area contributed by atoms with E-state index in [-0.39, 0.29) is 6.61 Å². The lowest BCUT2D eigenvalue weighted by Crippen LogP contribution is -2.32. The van der Waals surface area contributed by atoms with Gasteiger partial charge < -0.3 is 14.6 Å². The zero-order valence-electron chi connectivity index (χ0n) is 19.3. The molecule has 0 bridgehead atoms. The number of hydrogen-bond acceptors (Lipinski definition) is 5. The molecule has 0 radical (unpaired) electrons. The molecule has 0 aliphatic heterocycles. The minimum atomic E-state index is -0.599. The van der Waals surface area contributed by atoms with Crippen molar-refractivity contribution < 1.29 is 14.6 Å². The van der Waals surface area contributed by atoms with Crippen molar-refractivity contribution in [1.29, 1.82) is 0 Å². The van der Waals surface area contributed by atoms with Crippen molar-refractivity contribution in [3.63, 3.8) is 0 Å². The van der Waals surface area contributed by atoms with Gasteiger partial charge in [0.05, 0.1) is 7.11 Å². The van der Waals surface area contributed by atoms with Gasteiger partial charge in [0.1, 0.15) is 12.7 Å². The first-order valence-electron chi connectivity index (χ1n) is 11.0. The van der Waals surface area contributed by atoms with Gasteiger partial charge in [-0.1, -0.05) is 66.7 Å². The number of likely N-dealkylation sites (N-methyl/N-ethyl adjacent to an activating group) is 1. The van der Waals surface area contributed by atoms with E-state index in [1.165, 1.54) is 11.1 Å².